The number of halogens is 1. The highest BCUT2D eigenvalue weighted by atomic mass is 35.5. The average Bonchev–Trinajstić information content (AvgIpc) is 3.20. The van der Waals surface area contributed by atoms with Gasteiger partial charge in [0, 0.05) is 28.9 Å². The van der Waals surface area contributed by atoms with E-state index in [1.165, 1.54) is 16.8 Å². The minimum absolute atomic E-state index is 0.109. The lowest BCUT2D eigenvalue weighted by atomic mass is 10.1. The maximum absolute atomic E-state index is 12.4. The Labute approximate surface area is 196 Å². The summed E-state index contributed by atoms with van der Waals surface area (Å²) in [4.78, 5) is 26.8. The molecule has 32 heavy (non-hydrogen) atoms. The van der Waals surface area contributed by atoms with Gasteiger partial charge < -0.3 is 9.64 Å². The zero-order chi connectivity index (χ0) is 22.5. The third-order valence-corrected chi connectivity index (χ3v) is 6.53. The number of hydrazone groups is 1. The summed E-state index contributed by atoms with van der Waals surface area (Å²) in [6, 6.07) is 14.8. The van der Waals surface area contributed by atoms with Crippen LogP contribution in [-0.4, -0.2) is 59.4 Å². The van der Waals surface area contributed by atoms with Crippen LogP contribution in [0.15, 0.2) is 53.6 Å². The highest BCUT2D eigenvalue weighted by Crippen LogP contribution is 2.23. The molecular weight excluding hydrogens is 448 g/mol. The van der Waals surface area contributed by atoms with Crippen LogP contribution in [0.3, 0.4) is 0 Å². The maximum Gasteiger partial charge on any atom is 0.411 e. The number of hydrogen-bond acceptors (Lipinski definition) is 6. The molecule has 4 rings (SSSR count). The first-order valence-electron chi connectivity index (χ1n) is 10.5. The molecule has 1 atom stereocenters. The SMILES string of the molecule is CN1CCC(COC(=O)Nc2cccc(CN3N=C(c4ccc(Cl)cc4)CSC3=O)c2)C1. The molecule has 0 saturated carbocycles. The number of carbonyl (C=O) groups excluding carboxylic acids is 2. The van der Waals surface area contributed by atoms with Gasteiger partial charge in [-0.05, 0) is 55.4 Å². The summed E-state index contributed by atoms with van der Waals surface area (Å²) in [5, 5.41) is 9.32. The van der Waals surface area contributed by atoms with Crippen LogP contribution in [0.4, 0.5) is 15.3 Å². The number of likely N-dealkylation sites (tertiary alicyclic amines) is 1. The van der Waals surface area contributed by atoms with Gasteiger partial charge in [-0.15, -0.1) is 0 Å². The first-order valence-corrected chi connectivity index (χ1v) is 11.8. The molecule has 0 aromatic heterocycles. The molecule has 2 aliphatic rings. The predicted molar refractivity (Wildman–Crippen MR) is 128 cm³/mol. The van der Waals surface area contributed by atoms with Gasteiger partial charge in [-0.1, -0.05) is 47.6 Å². The van der Waals surface area contributed by atoms with E-state index >= 15 is 0 Å². The highest BCUT2D eigenvalue weighted by molar-refractivity contribution is 8.14. The number of ether oxygens (including phenoxy) is 1. The van der Waals surface area contributed by atoms with Crippen LogP contribution in [0.25, 0.3) is 0 Å². The average molecular weight is 473 g/mol. The topological polar surface area (TPSA) is 74.2 Å². The summed E-state index contributed by atoms with van der Waals surface area (Å²) in [5.74, 6) is 0.897. The zero-order valence-corrected chi connectivity index (χ0v) is 19.4. The molecule has 2 aliphatic heterocycles. The number of hydrogen-bond donors (Lipinski definition) is 1. The van der Waals surface area contributed by atoms with E-state index < -0.39 is 6.09 Å². The quantitative estimate of drug-likeness (QED) is 0.646. The fraction of sp³-hybridized carbons (Fsp3) is 0.348. The normalized spacial score (nSPS) is 19.1. The van der Waals surface area contributed by atoms with Crippen molar-refractivity contribution in [1.29, 1.82) is 0 Å². The molecule has 168 valence electrons. The number of thioether (sulfide) groups is 1. The van der Waals surface area contributed by atoms with E-state index in [-0.39, 0.29) is 5.24 Å². The molecule has 0 bridgehead atoms. The van der Waals surface area contributed by atoms with Gasteiger partial charge in [0.1, 0.15) is 0 Å². The molecule has 2 heterocycles. The van der Waals surface area contributed by atoms with E-state index in [0.717, 1.165) is 36.3 Å². The molecule has 2 aromatic rings. The number of nitrogens with zero attached hydrogens (tertiary/aromatic N) is 3. The summed E-state index contributed by atoms with van der Waals surface area (Å²) < 4.78 is 5.38. The summed E-state index contributed by atoms with van der Waals surface area (Å²) in [5.41, 5.74) is 3.23. The molecule has 1 unspecified atom stereocenters. The van der Waals surface area contributed by atoms with Gasteiger partial charge in [0.15, 0.2) is 0 Å². The van der Waals surface area contributed by atoms with Crippen LogP contribution >= 0.6 is 23.4 Å². The summed E-state index contributed by atoms with van der Waals surface area (Å²) >= 11 is 7.18. The molecule has 1 N–H and O–H groups in total. The Morgan fingerprint density at radius 2 is 2.09 bits per heavy atom. The molecule has 1 fully saturated rings. The number of benzene rings is 2. The fourth-order valence-corrected chi connectivity index (χ4v) is 4.60. The van der Waals surface area contributed by atoms with Crippen molar-refractivity contribution in [1.82, 2.24) is 9.91 Å². The molecular formula is C23H25ClN4O3S. The minimum Gasteiger partial charge on any atom is -0.449 e. The summed E-state index contributed by atoms with van der Waals surface area (Å²) in [6.07, 6.45) is 0.573. The van der Waals surface area contributed by atoms with Crippen molar-refractivity contribution in [3.8, 4) is 0 Å². The van der Waals surface area contributed by atoms with Crippen LogP contribution in [-0.2, 0) is 11.3 Å². The third kappa shape index (κ3) is 6.03. The van der Waals surface area contributed by atoms with Gasteiger partial charge in [0.05, 0.1) is 18.9 Å². The zero-order valence-electron chi connectivity index (χ0n) is 17.8. The van der Waals surface area contributed by atoms with Crippen molar-refractivity contribution in [3.63, 3.8) is 0 Å². The van der Waals surface area contributed by atoms with Crippen LogP contribution in [0, 0.1) is 5.92 Å². The Morgan fingerprint density at radius 1 is 1.28 bits per heavy atom. The lowest BCUT2D eigenvalue weighted by Gasteiger charge is -2.23. The van der Waals surface area contributed by atoms with Crippen LogP contribution in [0.1, 0.15) is 17.5 Å². The van der Waals surface area contributed by atoms with Crippen molar-refractivity contribution < 1.29 is 14.3 Å². The van der Waals surface area contributed by atoms with Crippen LogP contribution < -0.4 is 5.32 Å². The standard InChI is InChI=1S/C23H25ClN4O3S/c1-27-10-9-17(12-27)14-31-22(29)25-20-4-2-3-16(11-20)13-28-23(30)32-15-21(26-28)18-5-7-19(24)8-6-18/h2-8,11,17H,9-10,12-15H2,1H3,(H,25,29). The molecule has 2 amide bonds. The minimum atomic E-state index is -0.468. The molecule has 0 aliphatic carbocycles. The monoisotopic (exact) mass is 472 g/mol. The Kier molecular flexibility index (Phi) is 7.34. The van der Waals surface area contributed by atoms with Gasteiger partial charge in [-0.3, -0.25) is 10.1 Å². The van der Waals surface area contributed by atoms with Gasteiger partial charge in [-0.25, -0.2) is 9.80 Å². The molecule has 1 saturated heterocycles. The molecule has 7 nitrogen and oxygen atoms in total. The molecule has 2 aromatic carbocycles. The van der Waals surface area contributed by atoms with E-state index in [0.29, 0.717) is 35.5 Å². The van der Waals surface area contributed by atoms with Crippen LogP contribution in [0.5, 0.6) is 0 Å². The lowest BCUT2D eigenvalue weighted by Crippen LogP contribution is -2.29. The number of nitrogens with one attached hydrogen (secondary N) is 1. The van der Waals surface area contributed by atoms with Crippen molar-refractivity contribution in [2.24, 2.45) is 11.0 Å². The second-order valence-electron chi connectivity index (χ2n) is 8.01. The van der Waals surface area contributed by atoms with Gasteiger partial charge in [0.25, 0.3) is 0 Å². The summed E-state index contributed by atoms with van der Waals surface area (Å²) in [7, 11) is 2.07. The molecule has 0 radical (unpaired) electrons. The maximum atomic E-state index is 12.4. The van der Waals surface area contributed by atoms with Crippen molar-refractivity contribution in [3.05, 3.63) is 64.7 Å². The highest BCUT2D eigenvalue weighted by Gasteiger charge is 2.23. The Balaban J connectivity index is 1.37. The molecule has 9 heteroatoms. The fourth-order valence-electron chi connectivity index (χ4n) is 3.73. The second-order valence-corrected chi connectivity index (χ2v) is 9.37. The van der Waals surface area contributed by atoms with Crippen molar-refractivity contribution >= 4 is 46.1 Å². The number of anilines is 1. The van der Waals surface area contributed by atoms with Crippen LogP contribution in [0.2, 0.25) is 5.02 Å². The second kappa shape index (κ2) is 10.4. The largest absolute Gasteiger partial charge is 0.449 e. The van der Waals surface area contributed by atoms with Gasteiger partial charge in [0.2, 0.25) is 0 Å². The van der Waals surface area contributed by atoms with E-state index in [1.54, 1.807) is 6.07 Å². The third-order valence-electron chi connectivity index (χ3n) is 5.41. The van der Waals surface area contributed by atoms with E-state index in [4.69, 9.17) is 16.3 Å². The lowest BCUT2D eigenvalue weighted by molar-refractivity contribution is 0.142. The predicted octanol–water partition coefficient (Wildman–Crippen LogP) is 4.91. The number of amides is 2. The Bertz CT molecular complexity index is 1010. The van der Waals surface area contributed by atoms with Gasteiger partial charge in [-0.2, -0.15) is 5.10 Å². The Morgan fingerprint density at radius 3 is 2.84 bits per heavy atom. The first kappa shape index (κ1) is 22.6. The number of carbonyl (C=O) groups is 2. The van der Waals surface area contributed by atoms with E-state index in [1.807, 2.05) is 42.5 Å². The van der Waals surface area contributed by atoms with E-state index in [9.17, 15) is 9.59 Å². The van der Waals surface area contributed by atoms with Crippen molar-refractivity contribution in [2.75, 3.05) is 37.8 Å². The van der Waals surface area contributed by atoms with Gasteiger partial charge >= 0.3 is 11.3 Å². The first-order chi connectivity index (χ1) is 15.5. The smallest absolute Gasteiger partial charge is 0.411 e. The van der Waals surface area contributed by atoms with Crippen molar-refractivity contribution in [2.45, 2.75) is 13.0 Å². The number of rotatable bonds is 6. The van der Waals surface area contributed by atoms with E-state index in [2.05, 4.69) is 22.4 Å². The Hall–Kier alpha value is -2.55. The molecule has 0 spiro atoms. The summed E-state index contributed by atoms with van der Waals surface area (Å²) in [6.45, 7) is 2.70.